The van der Waals surface area contributed by atoms with Crippen molar-refractivity contribution in [3.05, 3.63) is 29.6 Å². The Labute approximate surface area is 189 Å². The predicted octanol–water partition coefficient (Wildman–Crippen LogP) is 7.28. The van der Waals surface area contributed by atoms with Crippen molar-refractivity contribution in [1.82, 2.24) is 4.98 Å². The normalized spacial score (nSPS) is 11.8. The van der Waals surface area contributed by atoms with Crippen LogP contribution in [0.5, 0.6) is 0 Å². The average Bonchev–Trinajstić information content (AvgIpc) is 2.78. The summed E-state index contributed by atoms with van der Waals surface area (Å²) in [5, 5.41) is 0. The van der Waals surface area contributed by atoms with E-state index in [2.05, 4.69) is 25.8 Å². The molecule has 0 aliphatic heterocycles. The minimum absolute atomic E-state index is 0.0958. The topological polar surface area (TPSA) is 65.5 Å². The van der Waals surface area contributed by atoms with Crippen LogP contribution < -0.4 is 0 Å². The van der Waals surface area contributed by atoms with E-state index >= 15 is 0 Å². The molecule has 1 heterocycles. The van der Waals surface area contributed by atoms with E-state index in [1.54, 1.807) is 18.2 Å². The monoisotopic (exact) mass is 433 g/mol. The predicted molar refractivity (Wildman–Crippen MR) is 125 cm³/mol. The number of pyridine rings is 1. The van der Waals surface area contributed by atoms with E-state index in [0.717, 1.165) is 44.9 Å². The lowest BCUT2D eigenvalue weighted by Crippen LogP contribution is -2.20. The van der Waals surface area contributed by atoms with Gasteiger partial charge in [-0.25, -0.2) is 14.6 Å². The molecular formula is C26H43NO4. The number of hydrogen-bond acceptors (Lipinski definition) is 5. The number of aromatic nitrogens is 1. The summed E-state index contributed by atoms with van der Waals surface area (Å²) in [5.74, 6) is -0.951. The van der Waals surface area contributed by atoms with Crippen LogP contribution in [0.25, 0.3) is 0 Å². The van der Waals surface area contributed by atoms with Crippen molar-refractivity contribution < 1.29 is 19.1 Å². The number of carbonyl (C=O) groups is 2. The molecule has 1 atom stereocenters. The zero-order valence-electron chi connectivity index (χ0n) is 20.0. The Morgan fingerprint density at radius 3 is 1.94 bits per heavy atom. The lowest BCUT2D eigenvalue weighted by atomic mass is 10.1. The highest BCUT2D eigenvalue weighted by Gasteiger charge is 2.18. The van der Waals surface area contributed by atoms with Gasteiger partial charge in [-0.2, -0.15) is 0 Å². The summed E-state index contributed by atoms with van der Waals surface area (Å²) in [7, 11) is 0. The highest BCUT2D eigenvalue weighted by Crippen LogP contribution is 2.14. The largest absolute Gasteiger partial charge is 0.461 e. The maximum absolute atomic E-state index is 12.5. The van der Waals surface area contributed by atoms with Crippen LogP contribution in [0.3, 0.4) is 0 Å². The first kappa shape index (κ1) is 27.1. The smallest absolute Gasteiger partial charge is 0.357 e. The molecule has 1 aromatic rings. The van der Waals surface area contributed by atoms with Crippen LogP contribution in [0.4, 0.5) is 0 Å². The molecule has 0 amide bonds. The first-order valence-corrected chi connectivity index (χ1v) is 12.5. The van der Waals surface area contributed by atoms with Gasteiger partial charge >= 0.3 is 11.9 Å². The van der Waals surface area contributed by atoms with Crippen LogP contribution in [0.1, 0.15) is 132 Å². The Kier molecular flexibility index (Phi) is 15.5. The Bertz CT molecular complexity index is 617. The molecule has 0 aromatic carbocycles. The fourth-order valence-electron chi connectivity index (χ4n) is 3.54. The number of unbranched alkanes of at least 4 members (excludes halogenated alkanes) is 9. The molecule has 0 fully saturated rings. The first-order valence-electron chi connectivity index (χ1n) is 12.5. The lowest BCUT2D eigenvalue weighted by molar-refractivity contribution is 0.0247. The van der Waals surface area contributed by atoms with Crippen molar-refractivity contribution in [2.24, 2.45) is 0 Å². The van der Waals surface area contributed by atoms with Crippen molar-refractivity contribution in [2.75, 3.05) is 6.61 Å². The SMILES string of the molecule is CCCCCCCCCCCOC(=O)c1cccc(C(=O)OC(CCC)CCCC)n1. The molecule has 0 bridgehead atoms. The van der Waals surface area contributed by atoms with Crippen LogP contribution in [0, 0.1) is 0 Å². The quantitative estimate of drug-likeness (QED) is 0.180. The van der Waals surface area contributed by atoms with Crippen molar-refractivity contribution >= 4 is 11.9 Å². The molecule has 0 saturated heterocycles. The van der Waals surface area contributed by atoms with Gasteiger partial charge in [-0.3, -0.25) is 0 Å². The van der Waals surface area contributed by atoms with E-state index < -0.39 is 11.9 Å². The van der Waals surface area contributed by atoms with Crippen molar-refractivity contribution in [2.45, 2.75) is 117 Å². The summed E-state index contributed by atoms with van der Waals surface area (Å²) in [6.45, 7) is 6.82. The highest BCUT2D eigenvalue weighted by molar-refractivity contribution is 5.91. The van der Waals surface area contributed by atoms with Gasteiger partial charge in [-0.1, -0.05) is 97.5 Å². The highest BCUT2D eigenvalue weighted by atomic mass is 16.5. The number of hydrogen-bond donors (Lipinski definition) is 0. The third-order valence-corrected chi connectivity index (χ3v) is 5.41. The molecule has 31 heavy (non-hydrogen) atoms. The van der Waals surface area contributed by atoms with Crippen LogP contribution in [-0.2, 0) is 9.47 Å². The van der Waals surface area contributed by atoms with E-state index in [0.29, 0.717) is 6.61 Å². The van der Waals surface area contributed by atoms with Crippen LogP contribution >= 0.6 is 0 Å². The van der Waals surface area contributed by atoms with E-state index in [-0.39, 0.29) is 17.5 Å². The maximum atomic E-state index is 12.5. The molecule has 0 N–H and O–H groups in total. The Morgan fingerprint density at radius 2 is 1.32 bits per heavy atom. The van der Waals surface area contributed by atoms with E-state index in [4.69, 9.17) is 9.47 Å². The van der Waals surface area contributed by atoms with Gasteiger partial charge in [0.25, 0.3) is 0 Å². The maximum Gasteiger partial charge on any atom is 0.357 e. The standard InChI is InChI=1S/C26H43NO4/c1-4-7-9-10-11-12-13-14-15-21-30-25(28)23-19-16-20-24(27-23)26(29)31-22(17-6-3)18-8-5-2/h16,19-20,22H,4-15,17-18,21H2,1-3H3. The molecular weight excluding hydrogens is 390 g/mol. The molecule has 0 saturated carbocycles. The van der Waals surface area contributed by atoms with Crippen molar-refractivity contribution in [1.29, 1.82) is 0 Å². The summed E-state index contributed by atoms with van der Waals surface area (Å²) in [4.78, 5) is 28.9. The van der Waals surface area contributed by atoms with E-state index in [1.807, 2.05) is 0 Å². The number of nitrogens with zero attached hydrogens (tertiary/aromatic N) is 1. The summed E-state index contributed by atoms with van der Waals surface area (Å²) in [6.07, 6.45) is 15.6. The minimum atomic E-state index is -0.481. The van der Waals surface area contributed by atoms with E-state index in [1.165, 1.54) is 44.9 Å². The molecule has 176 valence electrons. The van der Waals surface area contributed by atoms with Gasteiger partial charge in [0.1, 0.15) is 17.5 Å². The molecule has 0 aliphatic rings. The molecule has 0 aliphatic carbocycles. The number of esters is 2. The summed E-state index contributed by atoms with van der Waals surface area (Å²) < 4.78 is 11.0. The zero-order chi connectivity index (χ0) is 22.7. The number of carbonyl (C=O) groups excluding carboxylic acids is 2. The van der Waals surface area contributed by atoms with Crippen molar-refractivity contribution in [3.63, 3.8) is 0 Å². The van der Waals surface area contributed by atoms with Gasteiger partial charge in [0.15, 0.2) is 0 Å². The Hall–Kier alpha value is -1.91. The van der Waals surface area contributed by atoms with Gasteiger partial charge in [0, 0.05) is 0 Å². The third-order valence-electron chi connectivity index (χ3n) is 5.41. The Balaban J connectivity index is 2.36. The molecule has 5 heteroatoms. The zero-order valence-corrected chi connectivity index (χ0v) is 20.0. The number of rotatable bonds is 18. The second-order valence-corrected chi connectivity index (χ2v) is 8.33. The second kappa shape index (κ2) is 17.7. The molecule has 1 unspecified atom stereocenters. The molecule has 1 aromatic heterocycles. The fourth-order valence-corrected chi connectivity index (χ4v) is 3.54. The fraction of sp³-hybridized carbons (Fsp3) is 0.731. The van der Waals surface area contributed by atoms with Crippen LogP contribution in [-0.4, -0.2) is 29.6 Å². The lowest BCUT2D eigenvalue weighted by Gasteiger charge is -2.16. The molecule has 0 spiro atoms. The molecule has 5 nitrogen and oxygen atoms in total. The minimum Gasteiger partial charge on any atom is -0.461 e. The van der Waals surface area contributed by atoms with Crippen LogP contribution in [0.15, 0.2) is 18.2 Å². The second-order valence-electron chi connectivity index (χ2n) is 8.33. The molecule has 1 rings (SSSR count). The van der Waals surface area contributed by atoms with Gasteiger partial charge in [-0.15, -0.1) is 0 Å². The van der Waals surface area contributed by atoms with Crippen LogP contribution in [0.2, 0.25) is 0 Å². The number of ether oxygens (including phenoxy) is 2. The summed E-state index contributed by atoms with van der Waals surface area (Å²) in [5.41, 5.74) is 0.320. The summed E-state index contributed by atoms with van der Waals surface area (Å²) in [6, 6.07) is 4.82. The molecule has 0 radical (unpaired) electrons. The first-order chi connectivity index (χ1) is 15.1. The van der Waals surface area contributed by atoms with Gasteiger partial charge < -0.3 is 9.47 Å². The Morgan fingerprint density at radius 1 is 0.742 bits per heavy atom. The van der Waals surface area contributed by atoms with E-state index in [9.17, 15) is 9.59 Å². The van der Waals surface area contributed by atoms with Gasteiger partial charge in [-0.05, 0) is 31.4 Å². The van der Waals surface area contributed by atoms with Gasteiger partial charge in [0.2, 0.25) is 0 Å². The summed E-state index contributed by atoms with van der Waals surface area (Å²) >= 11 is 0. The third kappa shape index (κ3) is 12.5. The van der Waals surface area contributed by atoms with Gasteiger partial charge in [0.05, 0.1) is 6.61 Å². The average molecular weight is 434 g/mol. The van der Waals surface area contributed by atoms with Crippen molar-refractivity contribution in [3.8, 4) is 0 Å².